The molecule has 1 aromatic carbocycles. The van der Waals surface area contributed by atoms with Crippen molar-refractivity contribution in [2.45, 2.75) is 51.9 Å². The minimum Gasteiger partial charge on any atom is -0.316 e. The number of hydrogen-bond donors (Lipinski definition) is 1. The maximum Gasteiger partial charge on any atom is 0.00255 e. The molecule has 0 radical (unpaired) electrons. The fourth-order valence-electron chi connectivity index (χ4n) is 4.69. The van der Waals surface area contributed by atoms with Gasteiger partial charge in [0.05, 0.1) is 0 Å². The van der Waals surface area contributed by atoms with Crippen LogP contribution in [0.3, 0.4) is 0 Å². The van der Waals surface area contributed by atoms with Gasteiger partial charge in [0.1, 0.15) is 0 Å². The maximum absolute atomic E-state index is 3.65. The topological polar surface area (TPSA) is 12.0 Å². The highest BCUT2D eigenvalue weighted by molar-refractivity contribution is 5.24. The minimum atomic E-state index is 0.569. The van der Waals surface area contributed by atoms with Gasteiger partial charge in [0.15, 0.2) is 0 Å². The van der Waals surface area contributed by atoms with E-state index in [-0.39, 0.29) is 0 Å². The Hall–Kier alpha value is -0.820. The second kappa shape index (κ2) is 5.89. The van der Waals surface area contributed by atoms with E-state index >= 15 is 0 Å². The zero-order valence-electron chi connectivity index (χ0n) is 13.1. The van der Waals surface area contributed by atoms with Gasteiger partial charge < -0.3 is 5.32 Å². The van der Waals surface area contributed by atoms with Gasteiger partial charge in [-0.25, -0.2) is 0 Å². The Labute approximate surface area is 124 Å². The smallest absolute Gasteiger partial charge is 0.00255 e. The Kier molecular flexibility index (Phi) is 4.16. The molecule has 3 atom stereocenters. The van der Waals surface area contributed by atoms with Gasteiger partial charge in [0.25, 0.3) is 0 Å². The van der Waals surface area contributed by atoms with Gasteiger partial charge in [-0.1, -0.05) is 57.0 Å². The molecule has 1 heteroatoms. The largest absolute Gasteiger partial charge is 0.316 e. The summed E-state index contributed by atoms with van der Waals surface area (Å²) in [5, 5.41) is 3.65. The molecule has 2 fully saturated rings. The number of rotatable bonds is 2. The Balaban J connectivity index is 1.88. The Morgan fingerprint density at radius 3 is 2.70 bits per heavy atom. The molecule has 3 unspecified atom stereocenters. The maximum atomic E-state index is 3.65. The van der Waals surface area contributed by atoms with Crippen LogP contribution in [0, 0.1) is 17.3 Å². The SMILES string of the molecule is CC(C)C1CCCC2(CCNCC2c2ccccc2)C1. The first-order valence-corrected chi connectivity index (χ1v) is 8.47. The highest BCUT2D eigenvalue weighted by Crippen LogP contribution is 2.53. The van der Waals surface area contributed by atoms with Gasteiger partial charge in [0, 0.05) is 12.5 Å². The lowest BCUT2D eigenvalue weighted by molar-refractivity contribution is 0.0545. The normalized spacial score (nSPS) is 34.5. The zero-order chi connectivity index (χ0) is 14.0. The van der Waals surface area contributed by atoms with E-state index in [0.717, 1.165) is 17.8 Å². The molecular weight excluding hydrogens is 242 g/mol. The summed E-state index contributed by atoms with van der Waals surface area (Å²) in [6.07, 6.45) is 7.15. The third-order valence-electron chi connectivity index (χ3n) is 5.95. The summed E-state index contributed by atoms with van der Waals surface area (Å²) >= 11 is 0. The van der Waals surface area contributed by atoms with Crippen LogP contribution < -0.4 is 5.32 Å². The summed E-state index contributed by atoms with van der Waals surface area (Å²) in [4.78, 5) is 0. The van der Waals surface area contributed by atoms with Crippen LogP contribution in [0.1, 0.15) is 57.4 Å². The van der Waals surface area contributed by atoms with Crippen LogP contribution in [-0.4, -0.2) is 13.1 Å². The molecule has 2 aliphatic rings. The Bertz CT molecular complexity index is 421. The summed E-state index contributed by atoms with van der Waals surface area (Å²) in [5.74, 6) is 2.51. The van der Waals surface area contributed by atoms with Gasteiger partial charge in [0.2, 0.25) is 0 Å². The molecule has 0 aromatic heterocycles. The lowest BCUT2D eigenvalue weighted by atomic mass is 9.57. The van der Waals surface area contributed by atoms with Crippen molar-refractivity contribution in [1.82, 2.24) is 5.32 Å². The van der Waals surface area contributed by atoms with Gasteiger partial charge >= 0.3 is 0 Å². The van der Waals surface area contributed by atoms with Crippen LogP contribution in [0.15, 0.2) is 30.3 Å². The highest BCUT2D eigenvalue weighted by atomic mass is 14.9. The summed E-state index contributed by atoms with van der Waals surface area (Å²) in [5.41, 5.74) is 2.13. The lowest BCUT2D eigenvalue weighted by Crippen LogP contribution is -2.46. The molecule has 0 bridgehead atoms. The molecule has 1 aromatic rings. The average molecular weight is 271 g/mol. The van der Waals surface area contributed by atoms with E-state index in [4.69, 9.17) is 0 Å². The van der Waals surface area contributed by atoms with Crippen molar-refractivity contribution in [3.8, 4) is 0 Å². The van der Waals surface area contributed by atoms with Crippen molar-refractivity contribution in [2.75, 3.05) is 13.1 Å². The van der Waals surface area contributed by atoms with Crippen molar-refractivity contribution < 1.29 is 0 Å². The quantitative estimate of drug-likeness (QED) is 0.829. The summed E-state index contributed by atoms with van der Waals surface area (Å²) in [6, 6.07) is 11.3. The fourth-order valence-corrected chi connectivity index (χ4v) is 4.69. The minimum absolute atomic E-state index is 0.569. The van der Waals surface area contributed by atoms with E-state index in [1.165, 1.54) is 45.2 Å². The molecule has 1 spiro atoms. The van der Waals surface area contributed by atoms with Crippen LogP contribution in [0.5, 0.6) is 0 Å². The third kappa shape index (κ3) is 2.65. The Morgan fingerprint density at radius 2 is 1.95 bits per heavy atom. The van der Waals surface area contributed by atoms with Crippen LogP contribution in [0.2, 0.25) is 0 Å². The second-order valence-corrected chi connectivity index (χ2v) is 7.38. The van der Waals surface area contributed by atoms with Crippen molar-refractivity contribution in [2.24, 2.45) is 17.3 Å². The molecule has 1 saturated heterocycles. The van der Waals surface area contributed by atoms with Crippen molar-refractivity contribution in [3.05, 3.63) is 35.9 Å². The van der Waals surface area contributed by atoms with E-state index in [0.29, 0.717) is 5.41 Å². The van der Waals surface area contributed by atoms with Gasteiger partial charge in [-0.3, -0.25) is 0 Å². The van der Waals surface area contributed by atoms with Crippen LogP contribution >= 0.6 is 0 Å². The summed E-state index contributed by atoms with van der Waals surface area (Å²) < 4.78 is 0. The van der Waals surface area contributed by atoms with Gasteiger partial charge in [-0.05, 0) is 48.6 Å². The molecule has 3 rings (SSSR count). The van der Waals surface area contributed by atoms with Gasteiger partial charge in [-0.2, -0.15) is 0 Å². The molecule has 1 nitrogen and oxygen atoms in total. The van der Waals surface area contributed by atoms with Crippen molar-refractivity contribution >= 4 is 0 Å². The highest BCUT2D eigenvalue weighted by Gasteiger charge is 2.44. The number of nitrogens with one attached hydrogen (secondary N) is 1. The molecular formula is C19H29N. The van der Waals surface area contributed by atoms with Crippen LogP contribution in [0.25, 0.3) is 0 Å². The standard InChI is InChI=1S/C19H29N/c1-15(2)17-9-6-10-19(13-17)11-12-20-14-18(19)16-7-4-3-5-8-16/h3-5,7-8,15,17-18,20H,6,9-14H2,1-2H3. The number of piperidine rings is 1. The molecule has 110 valence electrons. The van der Waals surface area contributed by atoms with E-state index in [9.17, 15) is 0 Å². The van der Waals surface area contributed by atoms with E-state index < -0.39 is 0 Å². The predicted octanol–water partition coefficient (Wildman–Crippen LogP) is 4.60. The first kappa shape index (κ1) is 14.1. The summed E-state index contributed by atoms with van der Waals surface area (Å²) in [6.45, 7) is 7.23. The molecule has 1 N–H and O–H groups in total. The zero-order valence-corrected chi connectivity index (χ0v) is 13.1. The monoisotopic (exact) mass is 271 g/mol. The molecule has 1 aliphatic heterocycles. The van der Waals surface area contributed by atoms with Crippen molar-refractivity contribution in [3.63, 3.8) is 0 Å². The fraction of sp³-hybridized carbons (Fsp3) is 0.684. The Morgan fingerprint density at radius 1 is 1.15 bits per heavy atom. The predicted molar refractivity (Wildman–Crippen MR) is 85.9 cm³/mol. The summed E-state index contributed by atoms with van der Waals surface area (Å²) in [7, 11) is 0. The third-order valence-corrected chi connectivity index (χ3v) is 5.95. The van der Waals surface area contributed by atoms with E-state index in [1.807, 2.05) is 0 Å². The molecule has 1 saturated carbocycles. The van der Waals surface area contributed by atoms with E-state index in [2.05, 4.69) is 49.5 Å². The van der Waals surface area contributed by atoms with E-state index in [1.54, 1.807) is 5.56 Å². The molecule has 20 heavy (non-hydrogen) atoms. The van der Waals surface area contributed by atoms with Crippen LogP contribution in [0.4, 0.5) is 0 Å². The first-order chi connectivity index (χ1) is 9.71. The van der Waals surface area contributed by atoms with Crippen molar-refractivity contribution in [1.29, 1.82) is 0 Å². The second-order valence-electron chi connectivity index (χ2n) is 7.38. The molecule has 1 heterocycles. The molecule has 1 aliphatic carbocycles. The lowest BCUT2D eigenvalue weighted by Gasteiger charge is -2.50. The number of hydrogen-bond acceptors (Lipinski definition) is 1. The van der Waals surface area contributed by atoms with Crippen LogP contribution in [-0.2, 0) is 0 Å². The number of benzene rings is 1. The molecule has 0 amide bonds. The van der Waals surface area contributed by atoms with Gasteiger partial charge in [-0.15, -0.1) is 0 Å². The first-order valence-electron chi connectivity index (χ1n) is 8.47. The average Bonchev–Trinajstić information content (AvgIpc) is 2.49.